The van der Waals surface area contributed by atoms with Crippen molar-refractivity contribution in [3.05, 3.63) is 29.8 Å². The van der Waals surface area contributed by atoms with Crippen molar-refractivity contribution in [3.8, 4) is 5.75 Å². The van der Waals surface area contributed by atoms with Gasteiger partial charge in [-0.25, -0.2) is 4.79 Å². The summed E-state index contributed by atoms with van der Waals surface area (Å²) in [5, 5.41) is 0. The van der Waals surface area contributed by atoms with Gasteiger partial charge >= 0.3 is 5.43 Å². The lowest BCUT2D eigenvalue weighted by Gasteiger charge is -2.32. The van der Waals surface area contributed by atoms with Crippen LogP contribution in [-0.4, -0.2) is 50.3 Å². The Hall–Kier alpha value is -1.30. The minimum Gasteiger partial charge on any atom is -0.497 e. The molecule has 0 N–H and O–H groups in total. The van der Waals surface area contributed by atoms with Crippen LogP contribution in [0.25, 0.3) is 0 Å². The van der Waals surface area contributed by atoms with E-state index in [4.69, 9.17) is 25.8 Å². The Kier molecular flexibility index (Phi) is 5.64. The molecule has 1 unspecified atom stereocenters. The third kappa shape index (κ3) is 4.37. The highest BCUT2D eigenvalue weighted by Gasteiger charge is 2.21. The molecule has 1 heterocycles. The molecule has 1 fully saturated rings. The third-order valence-electron chi connectivity index (χ3n) is 3.26. The van der Waals surface area contributed by atoms with E-state index in [9.17, 15) is 4.79 Å². The molecule has 6 heteroatoms. The largest absolute Gasteiger partial charge is 0.497 e. The Morgan fingerprint density at radius 2 is 2.20 bits per heavy atom. The fraction of sp³-hybridized carbons (Fsp3) is 0.500. The first-order valence-electron chi connectivity index (χ1n) is 6.49. The second-order valence-corrected chi connectivity index (χ2v) is 4.83. The molecule has 0 aliphatic carbocycles. The van der Waals surface area contributed by atoms with E-state index in [0.29, 0.717) is 19.8 Å². The number of carbonyl (C=O) groups excluding carboxylic acids is 1. The van der Waals surface area contributed by atoms with E-state index in [1.165, 1.54) is 0 Å². The van der Waals surface area contributed by atoms with Gasteiger partial charge in [-0.05, 0) is 17.7 Å². The number of nitrogens with zero attached hydrogens (tertiary/aromatic N) is 1. The molecule has 0 saturated carbocycles. The summed E-state index contributed by atoms with van der Waals surface area (Å²) >= 11 is 5.13. The molecule has 2 rings (SSSR count). The van der Waals surface area contributed by atoms with Gasteiger partial charge in [-0.3, -0.25) is 4.90 Å². The summed E-state index contributed by atoms with van der Waals surface area (Å²) in [6, 6.07) is 7.86. The van der Waals surface area contributed by atoms with Crippen molar-refractivity contribution in [2.24, 2.45) is 0 Å². The summed E-state index contributed by atoms with van der Waals surface area (Å²) in [5.41, 5.74) is 0.356. The highest BCUT2D eigenvalue weighted by molar-refractivity contribution is 6.61. The Morgan fingerprint density at radius 1 is 1.45 bits per heavy atom. The van der Waals surface area contributed by atoms with Crippen LogP contribution in [0, 0.1) is 0 Å². The van der Waals surface area contributed by atoms with E-state index in [-0.39, 0.29) is 6.10 Å². The summed E-state index contributed by atoms with van der Waals surface area (Å²) in [6.07, 6.45) is 0.0290. The molecule has 1 aromatic rings. The minimum absolute atomic E-state index is 0.0290. The molecule has 5 nitrogen and oxygen atoms in total. The average Bonchev–Trinajstić information content (AvgIpc) is 2.47. The molecule has 110 valence electrons. The number of hydrogen-bond acceptors (Lipinski definition) is 5. The van der Waals surface area contributed by atoms with Crippen molar-refractivity contribution in [1.82, 2.24) is 4.90 Å². The number of benzene rings is 1. The predicted octanol–water partition coefficient (Wildman–Crippen LogP) is 2.44. The van der Waals surface area contributed by atoms with Gasteiger partial charge in [-0.2, -0.15) is 0 Å². The first-order chi connectivity index (χ1) is 9.69. The molecule has 1 aliphatic heterocycles. The van der Waals surface area contributed by atoms with E-state index < -0.39 is 5.43 Å². The quantitative estimate of drug-likeness (QED) is 0.782. The van der Waals surface area contributed by atoms with Crippen LogP contribution in [0.15, 0.2) is 24.3 Å². The van der Waals surface area contributed by atoms with Crippen LogP contribution in [0.5, 0.6) is 5.75 Å². The van der Waals surface area contributed by atoms with Crippen molar-refractivity contribution < 1.29 is 19.0 Å². The van der Waals surface area contributed by atoms with Crippen LogP contribution < -0.4 is 4.74 Å². The second kappa shape index (κ2) is 7.47. The maximum absolute atomic E-state index is 10.5. The average molecular weight is 300 g/mol. The summed E-state index contributed by atoms with van der Waals surface area (Å²) in [5.74, 6) is 0.829. The lowest BCUT2D eigenvalue weighted by atomic mass is 10.1. The lowest BCUT2D eigenvalue weighted by molar-refractivity contribution is -0.0339. The van der Waals surface area contributed by atoms with E-state index in [1.54, 1.807) is 7.11 Å². The van der Waals surface area contributed by atoms with Crippen LogP contribution in [0.3, 0.4) is 0 Å². The normalized spacial score (nSPS) is 19.6. The Labute approximate surface area is 123 Å². The number of halogens is 1. The summed E-state index contributed by atoms with van der Waals surface area (Å²) < 4.78 is 15.7. The fourth-order valence-electron chi connectivity index (χ4n) is 2.18. The van der Waals surface area contributed by atoms with Crippen LogP contribution >= 0.6 is 11.6 Å². The fourth-order valence-corrected chi connectivity index (χ4v) is 2.26. The van der Waals surface area contributed by atoms with E-state index in [2.05, 4.69) is 4.90 Å². The number of hydrogen-bond donors (Lipinski definition) is 0. The topological polar surface area (TPSA) is 48.0 Å². The molecular formula is C14H18ClNO4. The van der Waals surface area contributed by atoms with Gasteiger partial charge in [0.1, 0.15) is 12.4 Å². The van der Waals surface area contributed by atoms with Crippen LogP contribution in [0.2, 0.25) is 0 Å². The van der Waals surface area contributed by atoms with Gasteiger partial charge in [0, 0.05) is 31.2 Å². The molecule has 1 aromatic carbocycles. The number of ether oxygens (including phenoxy) is 3. The number of carbonyl (C=O) groups is 1. The van der Waals surface area contributed by atoms with Gasteiger partial charge in [0.25, 0.3) is 0 Å². The molecule has 1 aliphatic rings. The first-order valence-corrected chi connectivity index (χ1v) is 6.87. The van der Waals surface area contributed by atoms with Crippen LogP contribution in [-0.2, 0) is 9.47 Å². The van der Waals surface area contributed by atoms with Gasteiger partial charge in [0.2, 0.25) is 0 Å². The smallest absolute Gasteiger partial charge is 0.403 e. The zero-order chi connectivity index (χ0) is 14.4. The zero-order valence-corrected chi connectivity index (χ0v) is 12.1. The van der Waals surface area contributed by atoms with Crippen molar-refractivity contribution in [1.29, 1.82) is 0 Å². The lowest BCUT2D eigenvalue weighted by Crippen LogP contribution is -2.40. The number of morpholine rings is 1. The van der Waals surface area contributed by atoms with Gasteiger partial charge in [-0.1, -0.05) is 12.1 Å². The maximum Gasteiger partial charge on any atom is 0.403 e. The maximum atomic E-state index is 10.5. The highest BCUT2D eigenvalue weighted by atomic mass is 35.5. The molecule has 1 saturated heterocycles. The molecule has 0 amide bonds. The Balaban J connectivity index is 1.87. The van der Waals surface area contributed by atoms with Gasteiger partial charge in [-0.15, -0.1) is 0 Å². The van der Waals surface area contributed by atoms with Gasteiger partial charge in [0.05, 0.1) is 19.8 Å². The summed E-state index contributed by atoms with van der Waals surface area (Å²) in [7, 11) is 1.64. The Morgan fingerprint density at radius 3 is 2.85 bits per heavy atom. The summed E-state index contributed by atoms with van der Waals surface area (Å²) in [4.78, 5) is 12.7. The monoisotopic (exact) mass is 299 g/mol. The van der Waals surface area contributed by atoms with E-state index >= 15 is 0 Å². The third-order valence-corrected chi connectivity index (χ3v) is 3.37. The second-order valence-electron chi connectivity index (χ2n) is 4.52. The zero-order valence-electron chi connectivity index (χ0n) is 11.4. The molecule has 0 radical (unpaired) electrons. The molecule has 0 bridgehead atoms. The van der Waals surface area contributed by atoms with Crippen molar-refractivity contribution in [2.45, 2.75) is 6.10 Å². The van der Waals surface area contributed by atoms with Crippen molar-refractivity contribution in [2.75, 3.05) is 40.0 Å². The predicted molar refractivity (Wildman–Crippen MR) is 75.3 cm³/mol. The Bertz CT molecular complexity index is 437. The van der Waals surface area contributed by atoms with Gasteiger partial charge in [0.15, 0.2) is 0 Å². The minimum atomic E-state index is -0.759. The molecule has 1 atom stereocenters. The molecule has 0 spiro atoms. The number of methoxy groups -OCH3 is 1. The van der Waals surface area contributed by atoms with E-state index in [1.807, 2.05) is 24.3 Å². The standard InChI is InChI=1S/C14H18ClNO4/c1-18-12-4-2-11(3-5-12)13-10-16(6-8-19-13)7-9-20-14(15)17/h2-5,13H,6-10H2,1H3. The van der Waals surface area contributed by atoms with Crippen LogP contribution in [0.1, 0.15) is 11.7 Å². The number of rotatable bonds is 5. The summed E-state index contributed by atoms with van der Waals surface area (Å²) in [6.45, 7) is 3.22. The van der Waals surface area contributed by atoms with Crippen molar-refractivity contribution in [3.63, 3.8) is 0 Å². The SMILES string of the molecule is COc1ccc(C2CN(CCOC(=O)Cl)CCO2)cc1. The van der Waals surface area contributed by atoms with Gasteiger partial charge < -0.3 is 14.2 Å². The highest BCUT2D eigenvalue weighted by Crippen LogP contribution is 2.24. The van der Waals surface area contributed by atoms with E-state index in [0.717, 1.165) is 24.4 Å². The van der Waals surface area contributed by atoms with Crippen molar-refractivity contribution >= 4 is 17.0 Å². The first kappa shape index (κ1) is 15.1. The molecule has 0 aromatic heterocycles. The molecular weight excluding hydrogens is 282 g/mol. The van der Waals surface area contributed by atoms with Crippen LogP contribution in [0.4, 0.5) is 4.79 Å². The molecule has 20 heavy (non-hydrogen) atoms.